The van der Waals surface area contributed by atoms with E-state index in [0.717, 1.165) is 18.4 Å². The first-order valence-corrected chi connectivity index (χ1v) is 11.4. The van der Waals surface area contributed by atoms with E-state index in [-0.39, 0.29) is 41.5 Å². The van der Waals surface area contributed by atoms with Crippen LogP contribution in [0.25, 0.3) is 0 Å². The third-order valence-corrected chi connectivity index (χ3v) is 6.80. The average Bonchev–Trinajstić information content (AvgIpc) is 3.42. The molecule has 1 atom stereocenters. The molecule has 2 aromatic carbocycles. The first-order chi connectivity index (χ1) is 14.4. The van der Waals surface area contributed by atoms with Crippen molar-refractivity contribution in [1.82, 2.24) is 10.0 Å². The van der Waals surface area contributed by atoms with E-state index in [0.29, 0.717) is 18.1 Å². The van der Waals surface area contributed by atoms with E-state index in [1.807, 2.05) is 6.07 Å². The Labute approximate surface area is 179 Å². The lowest BCUT2D eigenvalue weighted by atomic mass is 10.1. The molecule has 1 saturated heterocycles. The van der Waals surface area contributed by atoms with Gasteiger partial charge in [-0.3, -0.25) is 4.79 Å². The molecule has 0 spiro atoms. The monoisotopic (exact) mass is 452 g/mol. The van der Waals surface area contributed by atoms with Gasteiger partial charge in [0.05, 0.1) is 11.1 Å². The van der Waals surface area contributed by atoms with Crippen molar-refractivity contribution in [1.29, 1.82) is 0 Å². The van der Waals surface area contributed by atoms with E-state index >= 15 is 0 Å². The molecule has 2 aromatic rings. The summed E-state index contributed by atoms with van der Waals surface area (Å²) in [7, 11) is -3.88. The number of hydrogen-bond donors (Lipinski definition) is 2. The molecule has 2 N–H and O–H groups in total. The summed E-state index contributed by atoms with van der Waals surface area (Å²) in [6, 6.07) is 9.54. The fourth-order valence-corrected chi connectivity index (χ4v) is 4.86. The van der Waals surface area contributed by atoms with Crippen molar-refractivity contribution < 1.29 is 27.4 Å². The summed E-state index contributed by atoms with van der Waals surface area (Å²) in [4.78, 5) is 12.4. The van der Waals surface area contributed by atoms with Crippen LogP contribution in [0, 0.1) is 0 Å². The molecule has 2 aliphatic heterocycles. The molecule has 0 bridgehead atoms. The Morgan fingerprint density at radius 3 is 2.77 bits per heavy atom. The van der Waals surface area contributed by atoms with E-state index in [1.54, 1.807) is 12.1 Å². The number of benzene rings is 2. The Morgan fingerprint density at radius 2 is 1.97 bits per heavy atom. The summed E-state index contributed by atoms with van der Waals surface area (Å²) in [6.45, 7) is 1.22. The van der Waals surface area contributed by atoms with Gasteiger partial charge in [-0.05, 0) is 48.7 Å². The van der Waals surface area contributed by atoms with Crippen molar-refractivity contribution in [2.75, 3.05) is 19.9 Å². The van der Waals surface area contributed by atoms with Crippen LogP contribution in [0.4, 0.5) is 0 Å². The molecule has 160 valence electrons. The molecule has 4 rings (SSSR count). The van der Waals surface area contributed by atoms with Crippen molar-refractivity contribution in [3.8, 4) is 11.5 Å². The Bertz CT molecular complexity index is 1050. The Kier molecular flexibility index (Phi) is 6.14. The van der Waals surface area contributed by atoms with E-state index < -0.39 is 15.9 Å². The van der Waals surface area contributed by atoms with Gasteiger partial charge in [-0.25, -0.2) is 13.1 Å². The fraction of sp³-hybridized carbons (Fsp3) is 0.350. The fourth-order valence-electron chi connectivity index (χ4n) is 3.27. The maximum absolute atomic E-state index is 12.7. The maximum atomic E-state index is 12.7. The van der Waals surface area contributed by atoms with Gasteiger partial charge in [0.25, 0.3) is 5.91 Å². The van der Waals surface area contributed by atoms with Gasteiger partial charge >= 0.3 is 0 Å². The number of carbonyl (C=O) groups is 1. The van der Waals surface area contributed by atoms with Crippen LogP contribution in [0.15, 0.2) is 41.3 Å². The predicted octanol–water partition coefficient (Wildman–Crippen LogP) is 2.46. The average molecular weight is 453 g/mol. The first kappa shape index (κ1) is 20.9. The lowest BCUT2D eigenvalue weighted by Gasteiger charge is -2.13. The van der Waals surface area contributed by atoms with Gasteiger partial charge in [0.2, 0.25) is 16.8 Å². The summed E-state index contributed by atoms with van der Waals surface area (Å²) in [5.74, 6) is 0.868. The number of fused-ring (bicyclic) bond motifs is 1. The minimum atomic E-state index is -3.88. The minimum absolute atomic E-state index is 0.0437. The zero-order valence-corrected chi connectivity index (χ0v) is 17.6. The number of ether oxygens (including phenoxy) is 3. The van der Waals surface area contributed by atoms with Crippen LogP contribution < -0.4 is 19.5 Å². The highest BCUT2D eigenvalue weighted by molar-refractivity contribution is 7.89. The normalized spacial score (nSPS) is 17.8. The molecule has 0 aromatic heterocycles. The molecule has 2 aliphatic rings. The Hall–Kier alpha value is -2.33. The molecular formula is C20H21ClN2O6S. The van der Waals surface area contributed by atoms with E-state index in [9.17, 15) is 13.2 Å². The second-order valence-electron chi connectivity index (χ2n) is 7.00. The summed E-state index contributed by atoms with van der Waals surface area (Å²) < 4.78 is 43.9. The Morgan fingerprint density at radius 1 is 1.13 bits per heavy atom. The van der Waals surface area contributed by atoms with Crippen LogP contribution in [0.3, 0.4) is 0 Å². The summed E-state index contributed by atoms with van der Waals surface area (Å²) in [6.07, 6.45) is 1.57. The highest BCUT2D eigenvalue weighted by atomic mass is 35.5. The van der Waals surface area contributed by atoms with Crippen molar-refractivity contribution in [3.63, 3.8) is 0 Å². The first-order valence-electron chi connectivity index (χ1n) is 9.50. The number of hydrogen-bond acceptors (Lipinski definition) is 6. The molecule has 0 saturated carbocycles. The molecule has 1 fully saturated rings. The second kappa shape index (κ2) is 8.81. The topological polar surface area (TPSA) is 103 Å². The molecule has 2 heterocycles. The summed E-state index contributed by atoms with van der Waals surface area (Å²) in [5.41, 5.74) is 1.02. The standard InChI is InChI=1S/C20H21ClN2O6S/c21-16-5-4-14(9-19(16)30(25,26)23-11-15-2-1-7-27-15)20(24)22-10-13-3-6-17-18(8-13)29-12-28-17/h3-6,8-9,15,23H,1-2,7,10-12H2,(H,22,24)/t15-/m0/s1. The minimum Gasteiger partial charge on any atom is -0.454 e. The molecule has 10 heteroatoms. The third kappa shape index (κ3) is 4.70. The van der Waals surface area contributed by atoms with Crippen molar-refractivity contribution >= 4 is 27.5 Å². The van der Waals surface area contributed by atoms with E-state index in [1.165, 1.54) is 18.2 Å². The van der Waals surface area contributed by atoms with Gasteiger partial charge in [0.1, 0.15) is 4.90 Å². The zero-order chi connectivity index (χ0) is 21.1. The van der Waals surface area contributed by atoms with Gasteiger partial charge in [0, 0.05) is 25.3 Å². The van der Waals surface area contributed by atoms with Gasteiger partial charge in [-0.2, -0.15) is 0 Å². The van der Waals surface area contributed by atoms with E-state index in [2.05, 4.69) is 10.0 Å². The number of halogens is 1. The van der Waals surface area contributed by atoms with Crippen LogP contribution >= 0.6 is 11.6 Å². The molecule has 8 nitrogen and oxygen atoms in total. The molecule has 0 radical (unpaired) electrons. The lowest BCUT2D eigenvalue weighted by Crippen LogP contribution is -2.32. The van der Waals surface area contributed by atoms with Crippen molar-refractivity contribution in [3.05, 3.63) is 52.5 Å². The quantitative estimate of drug-likeness (QED) is 0.669. The lowest BCUT2D eigenvalue weighted by molar-refractivity contribution is 0.0950. The number of carbonyl (C=O) groups excluding carboxylic acids is 1. The van der Waals surface area contributed by atoms with Gasteiger partial charge in [-0.1, -0.05) is 17.7 Å². The van der Waals surface area contributed by atoms with Crippen LogP contribution in [0.2, 0.25) is 5.02 Å². The largest absolute Gasteiger partial charge is 0.454 e. The van der Waals surface area contributed by atoms with Crippen molar-refractivity contribution in [2.45, 2.75) is 30.4 Å². The predicted molar refractivity (Wildman–Crippen MR) is 109 cm³/mol. The van der Waals surface area contributed by atoms with Crippen LogP contribution in [0.1, 0.15) is 28.8 Å². The SMILES string of the molecule is O=C(NCc1ccc2c(c1)OCO2)c1ccc(Cl)c(S(=O)(=O)NC[C@@H]2CCCO2)c1. The molecule has 30 heavy (non-hydrogen) atoms. The number of nitrogens with one attached hydrogen (secondary N) is 2. The van der Waals surface area contributed by atoms with Crippen LogP contribution in [-0.4, -0.2) is 40.4 Å². The summed E-state index contributed by atoms with van der Waals surface area (Å²) in [5, 5.41) is 2.81. The smallest absolute Gasteiger partial charge is 0.251 e. The third-order valence-electron chi connectivity index (χ3n) is 4.90. The zero-order valence-electron chi connectivity index (χ0n) is 16.0. The molecule has 0 unspecified atom stereocenters. The highest BCUT2D eigenvalue weighted by Crippen LogP contribution is 2.32. The van der Waals surface area contributed by atoms with Crippen LogP contribution in [-0.2, 0) is 21.3 Å². The molecular weight excluding hydrogens is 432 g/mol. The van der Waals surface area contributed by atoms with Gasteiger partial charge in [-0.15, -0.1) is 0 Å². The Balaban J connectivity index is 1.43. The second-order valence-corrected chi connectivity index (χ2v) is 9.14. The molecule has 0 aliphatic carbocycles. The molecule has 1 amide bonds. The van der Waals surface area contributed by atoms with Crippen molar-refractivity contribution in [2.24, 2.45) is 0 Å². The number of amides is 1. The maximum Gasteiger partial charge on any atom is 0.251 e. The summed E-state index contributed by atoms with van der Waals surface area (Å²) >= 11 is 6.10. The van der Waals surface area contributed by atoms with Crippen LogP contribution in [0.5, 0.6) is 11.5 Å². The van der Waals surface area contributed by atoms with Gasteiger partial charge in [0.15, 0.2) is 11.5 Å². The highest BCUT2D eigenvalue weighted by Gasteiger charge is 2.23. The number of sulfonamides is 1. The number of rotatable bonds is 7. The van der Waals surface area contributed by atoms with Gasteiger partial charge < -0.3 is 19.5 Å². The van der Waals surface area contributed by atoms with E-state index in [4.69, 9.17) is 25.8 Å².